The highest BCUT2D eigenvalue weighted by molar-refractivity contribution is 14.1. The number of halogens is 1. The molecule has 1 atom stereocenters. The molecule has 0 heterocycles. The van der Waals surface area contributed by atoms with Crippen LogP contribution in [0, 0.1) is 3.57 Å². The average molecular weight is 558 g/mol. The average Bonchev–Trinajstić information content (AvgIpc) is 2.71. The Balaban J connectivity index is 2.41. The summed E-state index contributed by atoms with van der Waals surface area (Å²) in [4.78, 5) is 36.4. The molecule has 0 aromatic heterocycles. The summed E-state index contributed by atoms with van der Waals surface area (Å²) in [6, 6.07) is 7.47. The van der Waals surface area contributed by atoms with Gasteiger partial charge >= 0.3 is 12.1 Å². The van der Waals surface area contributed by atoms with Crippen LogP contribution < -0.4 is 10.6 Å². The highest BCUT2D eigenvalue weighted by Crippen LogP contribution is 2.10. The van der Waals surface area contributed by atoms with E-state index in [1.54, 1.807) is 20.8 Å². The number of esters is 1. The summed E-state index contributed by atoms with van der Waals surface area (Å²) in [6.07, 6.45) is 4.54. The van der Waals surface area contributed by atoms with Gasteiger partial charge in [0.1, 0.15) is 18.2 Å². The van der Waals surface area contributed by atoms with Crippen LogP contribution in [0.2, 0.25) is 0 Å². The number of nitrogens with one attached hydrogen (secondary N) is 2. The molecule has 0 aliphatic heterocycles. The number of benzene rings is 1. The van der Waals surface area contributed by atoms with Crippen LogP contribution in [-0.2, 0) is 25.5 Å². The minimum absolute atomic E-state index is 0.0954. The fourth-order valence-corrected chi connectivity index (χ4v) is 3.20. The summed E-state index contributed by atoms with van der Waals surface area (Å²) in [6.45, 7) is 9.46. The van der Waals surface area contributed by atoms with Gasteiger partial charge in [-0.2, -0.15) is 0 Å². The molecule has 1 rings (SSSR count). The molecule has 1 aromatic carbocycles. The number of alkyl carbamates (subject to hydrolysis) is 1. The lowest BCUT2D eigenvalue weighted by atomic mass is 10.1. The molecule has 0 spiro atoms. The minimum Gasteiger partial charge on any atom is -0.460 e. The van der Waals surface area contributed by atoms with E-state index >= 15 is 0 Å². The molecule has 0 fully saturated rings. The maximum absolute atomic E-state index is 12.4. The van der Waals surface area contributed by atoms with Crippen molar-refractivity contribution in [3.63, 3.8) is 0 Å². The van der Waals surface area contributed by atoms with E-state index in [0.717, 1.165) is 6.42 Å². The molecule has 2 amide bonds. The van der Waals surface area contributed by atoms with Crippen molar-refractivity contribution in [3.05, 3.63) is 46.1 Å². The van der Waals surface area contributed by atoms with Crippen molar-refractivity contribution in [2.45, 2.75) is 70.9 Å². The molecular weight excluding hydrogens is 523 g/mol. The van der Waals surface area contributed by atoms with E-state index in [4.69, 9.17) is 9.47 Å². The molecule has 2 N–H and O–H groups in total. The third-order valence-corrected chi connectivity index (χ3v) is 5.05. The monoisotopic (exact) mass is 558 g/mol. The second-order valence-corrected chi connectivity index (χ2v) is 9.69. The Hall–Kier alpha value is -2.10. The predicted molar refractivity (Wildman–Crippen MR) is 133 cm³/mol. The summed E-state index contributed by atoms with van der Waals surface area (Å²) in [5, 5.41) is 5.48. The largest absolute Gasteiger partial charge is 0.460 e. The van der Waals surface area contributed by atoms with Gasteiger partial charge in [0.25, 0.3) is 0 Å². The van der Waals surface area contributed by atoms with Crippen molar-refractivity contribution < 1.29 is 23.9 Å². The van der Waals surface area contributed by atoms with Gasteiger partial charge in [-0.3, -0.25) is 4.79 Å². The number of unbranched alkanes of at least 4 members (excludes halogenated alkanes) is 1. The maximum Gasteiger partial charge on any atom is 0.407 e. The van der Waals surface area contributed by atoms with Gasteiger partial charge in [0, 0.05) is 16.5 Å². The summed E-state index contributed by atoms with van der Waals surface area (Å²) in [5.74, 6) is -0.654. The molecule has 8 heteroatoms. The van der Waals surface area contributed by atoms with E-state index in [9.17, 15) is 14.4 Å². The number of carbonyl (C=O) groups is 3. The van der Waals surface area contributed by atoms with Crippen molar-refractivity contribution in [1.29, 1.82) is 0 Å². The fraction of sp³-hybridized carbons (Fsp3) is 0.542. The van der Waals surface area contributed by atoms with Crippen molar-refractivity contribution in [2.24, 2.45) is 0 Å². The Morgan fingerprint density at radius 1 is 1.12 bits per heavy atom. The van der Waals surface area contributed by atoms with E-state index < -0.39 is 23.7 Å². The predicted octanol–water partition coefficient (Wildman–Crippen LogP) is 4.52. The Kier molecular flexibility index (Phi) is 13.0. The topological polar surface area (TPSA) is 93.7 Å². The van der Waals surface area contributed by atoms with E-state index in [1.807, 2.05) is 12.1 Å². The van der Waals surface area contributed by atoms with Gasteiger partial charge in [-0.15, -0.1) is 0 Å². The van der Waals surface area contributed by atoms with E-state index in [0.29, 0.717) is 38.6 Å². The summed E-state index contributed by atoms with van der Waals surface area (Å²) in [5.41, 5.74) is 0.630. The normalized spacial score (nSPS) is 11.9. The fourth-order valence-electron chi connectivity index (χ4n) is 2.84. The molecule has 0 radical (unpaired) electrons. The molecule has 178 valence electrons. The first-order chi connectivity index (χ1) is 15.1. The van der Waals surface area contributed by atoms with Crippen LogP contribution in [0.1, 0.15) is 58.4 Å². The zero-order valence-corrected chi connectivity index (χ0v) is 21.4. The van der Waals surface area contributed by atoms with Gasteiger partial charge in [-0.25, -0.2) is 9.59 Å². The first-order valence-electron chi connectivity index (χ1n) is 10.9. The lowest BCUT2D eigenvalue weighted by Crippen LogP contribution is -2.42. The number of aryl methyl sites for hydroxylation is 1. The van der Waals surface area contributed by atoms with Gasteiger partial charge in [-0.05, 0) is 93.2 Å². The second kappa shape index (κ2) is 14.9. The van der Waals surface area contributed by atoms with Crippen molar-refractivity contribution >= 4 is 40.6 Å². The first kappa shape index (κ1) is 27.9. The smallest absolute Gasteiger partial charge is 0.407 e. The zero-order chi connectivity index (χ0) is 24.0. The first-order valence-corrected chi connectivity index (χ1v) is 12.0. The highest BCUT2D eigenvalue weighted by Gasteiger charge is 2.22. The van der Waals surface area contributed by atoms with Crippen molar-refractivity contribution in [1.82, 2.24) is 10.6 Å². The lowest BCUT2D eigenvalue weighted by molar-refractivity contribution is -0.147. The van der Waals surface area contributed by atoms with Gasteiger partial charge in [-0.1, -0.05) is 24.8 Å². The Morgan fingerprint density at radius 2 is 1.81 bits per heavy atom. The van der Waals surface area contributed by atoms with Gasteiger partial charge in [0.05, 0.1) is 0 Å². The van der Waals surface area contributed by atoms with E-state index in [2.05, 4.69) is 51.9 Å². The third-order valence-electron chi connectivity index (χ3n) is 4.33. The molecule has 0 aliphatic rings. The van der Waals surface area contributed by atoms with Crippen LogP contribution in [0.5, 0.6) is 0 Å². The number of amides is 2. The van der Waals surface area contributed by atoms with E-state index in [-0.39, 0.29) is 12.5 Å². The Labute approximate surface area is 204 Å². The van der Waals surface area contributed by atoms with Crippen LogP contribution in [0.3, 0.4) is 0 Å². The molecule has 0 bridgehead atoms. The number of hydrogen-bond donors (Lipinski definition) is 2. The van der Waals surface area contributed by atoms with Crippen LogP contribution in [-0.4, -0.2) is 42.8 Å². The van der Waals surface area contributed by atoms with Crippen LogP contribution in [0.25, 0.3) is 0 Å². The minimum atomic E-state index is -0.720. The highest BCUT2D eigenvalue weighted by atomic mass is 127. The molecule has 0 saturated heterocycles. The Bertz CT molecular complexity index is 744. The zero-order valence-electron chi connectivity index (χ0n) is 19.2. The molecule has 1 aromatic rings. The molecule has 0 unspecified atom stereocenters. The van der Waals surface area contributed by atoms with Gasteiger partial charge in [0.2, 0.25) is 5.91 Å². The van der Waals surface area contributed by atoms with Gasteiger partial charge in [0.15, 0.2) is 0 Å². The summed E-state index contributed by atoms with van der Waals surface area (Å²) >= 11 is 2.26. The van der Waals surface area contributed by atoms with E-state index in [1.165, 1.54) is 15.2 Å². The Morgan fingerprint density at radius 3 is 2.44 bits per heavy atom. The summed E-state index contributed by atoms with van der Waals surface area (Å²) < 4.78 is 11.5. The quantitative estimate of drug-likeness (QED) is 0.161. The second-order valence-electron chi connectivity index (χ2n) is 8.44. The third kappa shape index (κ3) is 13.3. The number of carbonyl (C=O) groups excluding carboxylic acids is 3. The number of hydrogen-bond acceptors (Lipinski definition) is 5. The standard InChI is InChI=1S/C24H35IN2O5/c1-5-17-31-22(29)20(10-6-7-16-26-23(30)32-24(2,3)4)27-21(28)11-8-9-18-12-14-19(25)15-13-18/h5,12-15,20H,1,6-11,16-17H2,2-4H3,(H,26,30)(H,27,28)/t20-/m0/s1. The summed E-state index contributed by atoms with van der Waals surface area (Å²) in [7, 11) is 0. The molecule has 32 heavy (non-hydrogen) atoms. The van der Waals surface area contributed by atoms with Gasteiger partial charge < -0.3 is 20.1 Å². The maximum atomic E-state index is 12.4. The molecular formula is C24H35IN2O5. The van der Waals surface area contributed by atoms with Crippen molar-refractivity contribution in [3.8, 4) is 0 Å². The molecule has 0 aliphatic carbocycles. The van der Waals surface area contributed by atoms with Crippen LogP contribution in [0.15, 0.2) is 36.9 Å². The number of rotatable bonds is 13. The molecule has 0 saturated carbocycles. The molecule has 7 nitrogen and oxygen atoms in total. The SMILES string of the molecule is C=CCOC(=O)[C@H](CCCCNC(=O)OC(C)(C)C)NC(=O)CCCc1ccc(I)cc1. The van der Waals surface area contributed by atoms with Crippen LogP contribution in [0.4, 0.5) is 4.79 Å². The van der Waals surface area contributed by atoms with Crippen LogP contribution >= 0.6 is 22.6 Å². The van der Waals surface area contributed by atoms with Crippen molar-refractivity contribution in [2.75, 3.05) is 13.2 Å². The number of ether oxygens (including phenoxy) is 2. The lowest BCUT2D eigenvalue weighted by Gasteiger charge is -2.20.